The van der Waals surface area contributed by atoms with Gasteiger partial charge < -0.3 is 9.88 Å². The average molecular weight is 254 g/mol. The van der Waals surface area contributed by atoms with Gasteiger partial charge in [-0.3, -0.25) is 5.10 Å². The second kappa shape index (κ2) is 4.93. The molecule has 0 aliphatic carbocycles. The van der Waals surface area contributed by atoms with Crippen LogP contribution in [0.25, 0.3) is 11.4 Å². The number of hydrogen-bond donors (Lipinski definition) is 2. The van der Waals surface area contributed by atoms with Crippen molar-refractivity contribution in [2.45, 2.75) is 6.54 Å². The van der Waals surface area contributed by atoms with Gasteiger partial charge in [0.25, 0.3) is 0 Å². The first-order valence-corrected chi connectivity index (χ1v) is 5.99. The third-order valence-electron chi connectivity index (χ3n) is 2.90. The quantitative estimate of drug-likeness (QED) is 0.745. The molecular formula is C13H14N6. The molecule has 0 aliphatic heterocycles. The Bertz CT molecular complexity index is 638. The van der Waals surface area contributed by atoms with E-state index in [0.717, 1.165) is 29.3 Å². The van der Waals surface area contributed by atoms with Crippen LogP contribution in [0.3, 0.4) is 0 Å². The van der Waals surface area contributed by atoms with E-state index in [0.29, 0.717) is 0 Å². The highest BCUT2D eigenvalue weighted by molar-refractivity contribution is 5.59. The fraction of sp³-hybridized carbons (Fsp3) is 0.154. The molecule has 0 spiro atoms. The monoisotopic (exact) mass is 254 g/mol. The Balaban J connectivity index is 1.71. The molecule has 2 heterocycles. The summed E-state index contributed by atoms with van der Waals surface area (Å²) < 4.78 is 1.90. The summed E-state index contributed by atoms with van der Waals surface area (Å²) in [6.45, 7) is 0.726. The van der Waals surface area contributed by atoms with Gasteiger partial charge in [0.2, 0.25) is 0 Å². The van der Waals surface area contributed by atoms with Crippen LogP contribution in [0.1, 0.15) is 5.69 Å². The van der Waals surface area contributed by atoms with Crippen molar-refractivity contribution in [3.05, 3.63) is 48.5 Å². The van der Waals surface area contributed by atoms with Gasteiger partial charge >= 0.3 is 0 Å². The van der Waals surface area contributed by atoms with Gasteiger partial charge in [0.1, 0.15) is 6.33 Å². The summed E-state index contributed by atoms with van der Waals surface area (Å²) in [4.78, 5) is 0. The van der Waals surface area contributed by atoms with Crippen molar-refractivity contribution in [1.29, 1.82) is 0 Å². The first-order chi connectivity index (χ1) is 9.33. The number of nitrogens with one attached hydrogen (secondary N) is 2. The molecule has 19 heavy (non-hydrogen) atoms. The molecule has 2 aromatic heterocycles. The maximum Gasteiger partial charge on any atom is 0.163 e. The molecule has 96 valence electrons. The normalized spacial score (nSPS) is 10.6. The molecule has 0 unspecified atom stereocenters. The van der Waals surface area contributed by atoms with Crippen molar-refractivity contribution in [3.63, 3.8) is 0 Å². The van der Waals surface area contributed by atoms with E-state index in [4.69, 9.17) is 0 Å². The molecule has 0 bridgehead atoms. The molecule has 1 aromatic carbocycles. The summed E-state index contributed by atoms with van der Waals surface area (Å²) in [6.07, 6.45) is 3.44. The SMILES string of the molecule is Cn1cnnc1-c1ccc(NCc2ccn[nH]2)cc1. The van der Waals surface area contributed by atoms with Crippen molar-refractivity contribution < 1.29 is 0 Å². The van der Waals surface area contributed by atoms with E-state index in [9.17, 15) is 0 Å². The number of nitrogens with zero attached hydrogens (tertiary/aromatic N) is 4. The smallest absolute Gasteiger partial charge is 0.163 e. The van der Waals surface area contributed by atoms with Gasteiger partial charge in [0.15, 0.2) is 5.82 Å². The maximum atomic E-state index is 4.08. The van der Waals surface area contributed by atoms with Crippen LogP contribution in [-0.4, -0.2) is 25.0 Å². The fourth-order valence-electron chi connectivity index (χ4n) is 1.86. The van der Waals surface area contributed by atoms with Gasteiger partial charge in [-0.2, -0.15) is 5.10 Å². The molecule has 0 fully saturated rings. The molecule has 0 atom stereocenters. The molecule has 3 rings (SSSR count). The molecule has 6 heteroatoms. The molecule has 3 aromatic rings. The highest BCUT2D eigenvalue weighted by Gasteiger charge is 2.03. The lowest BCUT2D eigenvalue weighted by Gasteiger charge is -2.06. The number of H-pyrrole nitrogens is 1. The van der Waals surface area contributed by atoms with Crippen LogP contribution >= 0.6 is 0 Å². The maximum absolute atomic E-state index is 4.08. The van der Waals surface area contributed by atoms with Crippen molar-refractivity contribution in [3.8, 4) is 11.4 Å². The zero-order chi connectivity index (χ0) is 13.1. The summed E-state index contributed by atoms with van der Waals surface area (Å²) in [5, 5.41) is 18.1. The number of benzene rings is 1. The Kier molecular flexibility index (Phi) is 2.97. The fourth-order valence-corrected chi connectivity index (χ4v) is 1.86. The lowest BCUT2D eigenvalue weighted by molar-refractivity contribution is 0.920. The molecule has 0 radical (unpaired) electrons. The molecular weight excluding hydrogens is 240 g/mol. The number of rotatable bonds is 4. The lowest BCUT2D eigenvalue weighted by atomic mass is 10.2. The van der Waals surface area contributed by atoms with Gasteiger partial charge in [0, 0.05) is 24.5 Å². The Morgan fingerprint density at radius 1 is 1.21 bits per heavy atom. The first kappa shape index (κ1) is 11.5. The number of aromatic nitrogens is 5. The predicted molar refractivity (Wildman–Crippen MR) is 72.4 cm³/mol. The van der Waals surface area contributed by atoms with Crippen LogP contribution in [-0.2, 0) is 13.6 Å². The van der Waals surface area contributed by atoms with E-state index >= 15 is 0 Å². The van der Waals surface area contributed by atoms with E-state index in [1.807, 2.05) is 41.9 Å². The molecule has 0 aliphatic rings. The number of aryl methyl sites for hydroxylation is 1. The van der Waals surface area contributed by atoms with Crippen LogP contribution < -0.4 is 5.32 Å². The van der Waals surface area contributed by atoms with E-state index in [1.54, 1.807) is 12.5 Å². The Hall–Kier alpha value is -2.63. The predicted octanol–water partition coefficient (Wildman–Crippen LogP) is 1.82. The third-order valence-corrected chi connectivity index (χ3v) is 2.90. The van der Waals surface area contributed by atoms with Crippen molar-refractivity contribution >= 4 is 5.69 Å². The van der Waals surface area contributed by atoms with Gasteiger partial charge in [-0.05, 0) is 30.3 Å². The van der Waals surface area contributed by atoms with Crippen LogP contribution in [0.4, 0.5) is 5.69 Å². The van der Waals surface area contributed by atoms with Crippen molar-refractivity contribution in [2.75, 3.05) is 5.32 Å². The summed E-state index contributed by atoms with van der Waals surface area (Å²) in [7, 11) is 1.93. The summed E-state index contributed by atoms with van der Waals surface area (Å²) in [5.41, 5.74) is 3.16. The average Bonchev–Trinajstić information content (AvgIpc) is 3.08. The molecule has 0 amide bonds. The lowest BCUT2D eigenvalue weighted by Crippen LogP contribution is -1.99. The number of anilines is 1. The molecule has 0 saturated heterocycles. The summed E-state index contributed by atoms with van der Waals surface area (Å²) >= 11 is 0. The van der Waals surface area contributed by atoms with Crippen LogP contribution in [0.2, 0.25) is 0 Å². The molecule has 2 N–H and O–H groups in total. The topological polar surface area (TPSA) is 71.4 Å². The second-order valence-electron chi connectivity index (χ2n) is 4.28. The molecule has 0 saturated carbocycles. The minimum absolute atomic E-state index is 0.726. The van der Waals surface area contributed by atoms with Gasteiger partial charge in [-0.1, -0.05) is 0 Å². The van der Waals surface area contributed by atoms with E-state index in [1.165, 1.54) is 0 Å². The number of hydrogen-bond acceptors (Lipinski definition) is 4. The standard InChI is InChI=1S/C13H14N6/c1-19-9-16-18-13(19)10-2-4-11(5-3-10)14-8-12-6-7-15-17-12/h2-7,9,14H,8H2,1H3,(H,15,17). The van der Waals surface area contributed by atoms with Gasteiger partial charge in [0.05, 0.1) is 12.2 Å². The second-order valence-corrected chi connectivity index (χ2v) is 4.28. The van der Waals surface area contributed by atoms with Gasteiger partial charge in [-0.25, -0.2) is 0 Å². The third kappa shape index (κ3) is 2.47. The van der Waals surface area contributed by atoms with Gasteiger partial charge in [-0.15, -0.1) is 10.2 Å². The summed E-state index contributed by atoms with van der Waals surface area (Å²) in [6, 6.07) is 10.1. The van der Waals surface area contributed by atoms with Crippen molar-refractivity contribution in [2.24, 2.45) is 7.05 Å². The minimum atomic E-state index is 0.726. The molecule has 6 nitrogen and oxygen atoms in total. The van der Waals surface area contributed by atoms with Crippen LogP contribution in [0, 0.1) is 0 Å². The van der Waals surface area contributed by atoms with Crippen molar-refractivity contribution in [1.82, 2.24) is 25.0 Å². The van der Waals surface area contributed by atoms with Crippen LogP contribution in [0.5, 0.6) is 0 Å². The van der Waals surface area contributed by atoms with E-state index in [-0.39, 0.29) is 0 Å². The Labute approximate surface area is 110 Å². The van der Waals surface area contributed by atoms with Crippen LogP contribution in [0.15, 0.2) is 42.9 Å². The highest BCUT2D eigenvalue weighted by Crippen LogP contribution is 2.18. The largest absolute Gasteiger partial charge is 0.379 e. The zero-order valence-corrected chi connectivity index (χ0v) is 10.5. The highest BCUT2D eigenvalue weighted by atomic mass is 15.2. The minimum Gasteiger partial charge on any atom is -0.379 e. The number of aromatic amines is 1. The van der Waals surface area contributed by atoms with E-state index < -0.39 is 0 Å². The van der Waals surface area contributed by atoms with E-state index in [2.05, 4.69) is 25.7 Å². The Morgan fingerprint density at radius 3 is 2.68 bits per heavy atom. The summed E-state index contributed by atoms with van der Waals surface area (Å²) in [5.74, 6) is 0.861. The Morgan fingerprint density at radius 2 is 2.05 bits per heavy atom. The zero-order valence-electron chi connectivity index (χ0n) is 10.5. The first-order valence-electron chi connectivity index (χ1n) is 5.99.